The first kappa shape index (κ1) is 11.4. The summed E-state index contributed by atoms with van der Waals surface area (Å²) in [4.78, 5) is 0. The second-order valence-electron chi connectivity index (χ2n) is 4.84. The lowest BCUT2D eigenvalue weighted by Gasteiger charge is -2.28. The van der Waals surface area contributed by atoms with Crippen LogP contribution in [0.25, 0.3) is 0 Å². The van der Waals surface area contributed by atoms with Gasteiger partial charge in [0.1, 0.15) is 13.2 Å². The molecule has 4 heteroatoms. The molecule has 2 heterocycles. The Morgan fingerprint density at radius 3 is 2.59 bits per heavy atom. The number of hydrogen-bond donors (Lipinski definition) is 1. The first-order chi connectivity index (χ1) is 8.19. The fourth-order valence-corrected chi connectivity index (χ4v) is 3.37. The predicted octanol–water partition coefficient (Wildman–Crippen LogP) is 2.82. The Balaban J connectivity index is 2.04. The van der Waals surface area contributed by atoms with Crippen LogP contribution in [-0.4, -0.2) is 19.8 Å². The van der Waals surface area contributed by atoms with Crippen molar-refractivity contribution in [2.24, 2.45) is 0 Å². The number of nitrogens with one attached hydrogen (secondary N) is 1. The van der Waals surface area contributed by atoms with Crippen molar-refractivity contribution in [2.45, 2.75) is 25.3 Å². The summed E-state index contributed by atoms with van der Waals surface area (Å²) in [6, 6.07) is 4.13. The van der Waals surface area contributed by atoms with Crippen molar-refractivity contribution < 1.29 is 9.47 Å². The molecule has 3 nitrogen and oxygen atoms in total. The fourth-order valence-electron chi connectivity index (χ4n) is 2.61. The van der Waals surface area contributed by atoms with Crippen molar-refractivity contribution in [3.8, 4) is 11.5 Å². The molecule has 0 aliphatic carbocycles. The highest BCUT2D eigenvalue weighted by atomic mass is 79.9. The quantitative estimate of drug-likeness (QED) is 0.865. The third kappa shape index (κ3) is 1.93. The number of hydrogen-bond acceptors (Lipinski definition) is 3. The van der Waals surface area contributed by atoms with Gasteiger partial charge in [-0.05, 0) is 44.0 Å². The molecule has 0 amide bonds. The van der Waals surface area contributed by atoms with Crippen LogP contribution in [-0.2, 0) is 5.54 Å². The van der Waals surface area contributed by atoms with E-state index in [2.05, 4.69) is 34.2 Å². The maximum Gasteiger partial charge on any atom is 0.162 e. The minimum absolute atomic E-state index is 0.0503. The van der Waals surface area contributed by atoms with E-state index in [0.717, 1.165) is 28.9 Å². The van der Waals surface area contributed by atoms with Crippen molar-refractivity contribution in [3.63, 3.8) is 0 Å². The molecule has 0 bridgehead atoms. The minimum Gasteiger partial charge on any atom is -0.486 e. The Hall–Kier alpha value is -0.740. The number of halogens is 1. The zero-order chi connectivity index (χ0) is 11.9. The van der Waals surface area contributed by atoms with Crippen LogP contribution in [0.5, 0.6) is 11.5 Å². The summed E-state index contributed by atoms with van der Waals surface area (Å²) in [5.74, 6) is 1.71. The molecule has 0 saturated carbocycles. The summed E-state index contributed by atoms with van der Waals surface area (Å²) < 4.78 is 12.3. The van der Waals surface area contributed by atoms with Crippen molar-refractivity contribution in [3.05, 3.63) is 22.2 Å². The largest absolute Gasteiger partial charge is 0.486 e. The monoisotopic (exact) mass is 297 g/mol. The van der Waals surface area contributed by atoms with Crippen LogP contribution in [0.2, 0.25) is 0 Å². The van der Waals surface area contributed by atoms with Gasteiger partial charge in [-0.2, -0.15) is 0 Å². The third-order valence-corrected chi connectivity index (χ3v) is 4.25. The zero-order valence-corrected chi connectivity index (χ0v) is 11.5. The molecule has 2 aliphatic heterocycles. The van der Waals surface area contributed by atoms with Gasteiger partial charge in [-0.25, -0.2) is 0 Å². The van der Waals surface area contributed by atoms with E-state index in [1.807, 2.05) is 6.07 Å². The number of benzene rings is 1. The Kier molecular flexibility index (Phi) is 2.79. The van der Waals surface area contributed by atoms with Crippen LogP contribution in [0, 0.1) is 0 Å². The fraction of sp³-hybridized carbons (Fsp3) is 0.538. The molecule has 1 saturated heterocycles. The van der Waals surface area contributed by atoms with E-state index in [4.69, 9.17) is 9.47 Å². The van der Waals surface area contributed by atoms with E-state index >= 15 is 0 Å². The summed E-state index contributed by atoms with van der Waals surface area (Å²) in [6.07, 6.45) is 2.38. The van der Waals surface area contributed by atoms with Gasteiger partial charge in [0, 0.05) is 10.0 Å². The lowest BCUT2D eigenvalue weighted by atomic mass is 9.90. The molecular weight excluding hydrogens is 282 g/mol. The second kappa shape index (κ2) is 4.18. The van der Waals surface area contributed by atoms with Crippen LogP contribution < -0.4 is 14.8 Å². The van der Waals surface area contributed by atoms with Gasteiger partial charge in [0.25, 0.3) is 0 Å². The van der Waals surface area contributed by atoms with Crippen molar-refractivity contribution in [1.29, 1.82) is 0 Å². The Morgan fingerprint density at radius 1 is 1.24 bits per heavy atom. The van der Waals surface area contributed by atoms with Gasteiger partial charge < -0.3 is 14.8 Å². The maximum absolute atomic E-state index is 5.65. The maximum atomic E-state index is 5.65. The number of rotatable bonds is 1. The minimum atomic E-state index is 0.0503. The van der Waals surface area contributed by atoms with E-state index in [-0.39, 0.29) is 5.54 Å². The van der Waals surface area contributed by atoms with Gasteiger partial charge in [-0.3, -0.25) is 0 Å². The van der Waals surface area contributed by atoms with Crippen LogP contribution >= 0.6 is 15.9 Å². The molecule has 1 aromatic carbocycles. The van der Waals surface area contributed by atoms with Gasteiger partial charge in [0.15, 0.2) is 11.5 Å². The van der Waals surface area contributed by atoms with Crippen LogP contribution in [0.15, 0.2) is 16.6 Å². The molecule has 0 spiro atoms. The Labute approximate surface area is 110 Å². The molecule has 1 aromatic rings. The van der Waals surface area contributed by atoms with Crippen LogP contribution in [0.4, 0.5) is 0 Å². The first-order valence-electron chi connectivity index (χ1n) is 6.04. The van der Waals surface area contributed by atoms with E-state index in [9.17, 15) is 0 Å². The van der Waals surface area contributed by atoms with Gasteiger partial charge in [-0.1, -0.05) is 15.9 Å². The molecular formula is C13H16BrNO2. The predicted molar refractivity (Wildman–Crippen MR) is 69.7 cm³/mol. The second-order valence-corrected chi connectivity index (χ2v) is 5.69. The molecule has 3 rings (SSSR count). The third-order valence-electron chi connectivity index (χ3n) is 3.60. The lowest BCUT2D eigenvalue weighted by Crippen LogP contribution is -2.33. The highest BCUT2D eigenvalue weighted by Crippen LogP contribution is 2.42. The van der Waals surface area contributed by atoms with E-state index in [0.29, 0.717) is 13.2 Å². The SMILES string of the molecule is CC1(c2cc3c(cc2Br)OCCO3)CCCN1. The molecule has 1 unspecified atom stereocenters. The molecule has 92 valence electrons. The molecule has 2 aliphatic rings. The van der Waals surface area contributed by atoms with Crippen molar-refractivity contribution in [2.75, 3.05) is 19.8 Å². The number of ether oxygens (including phenoxy) is 2. The molecule has 1 atom stereocenters. The summed E-state index contributed by atoms with van der Waals surface area (Å²) in [5, 5.41) is 3.57. The molecule has 0 radical (unpaired) electrons. The summed E-state index contributed by atoms with van der Waals surface area (Å²) in [6.45, 7) is 4.60. The van der Waals surface area contributed by atoms with Gasteiger partial charge in [-0.15, -0.1) is 0 Å². The standard InChI is InChI=1S/C13H16BrNO2/c1-13(3-2-4-15-13)9-7-11-12(8-10(9)14)17-6-5-16-11/h7-8,15H,2-6H2,1H3. The van der Waals surface area contributed by atoms with Gasteiger partial charge in [0.2, 0.25) is 0 Å². The Bertz CT molecular complexity index is 441. The van der Waals surface area contributed by atoms with Crippen LogP contribution in [0.3, 0.4) is 0 Å². The Morgan fingerprint density at radius 2 is 1.94 bits per heavy atom. The normalized spacial score (nSPS) is 27.2. The van der Waals surface area contributed by atoms with E-state index in [1.165, 1.54) is 12.0 Å². The summed E-state index contributed by atoms with van der Waals surface area (Å²) >= 11 is 3.65. The molecule has 0 aromatic heterocycles. The topological polar surface area (TPSA) is 30.5 Å². The average Bonchev–Trinajstić information content (AvgIpc) is 2.76. The van der Waals surface area contributed by atoms with Gasteiger partial charge >= 0.3 is 0 Å². The summed E-state index contributed by atoms with van der Waals surface area (Å²) in [5.41, 5.74) is 1.31. The van der Waals surface area contributed by atoms with Crippen molar-refractivity contribution >= 4 is 15.9 Å². The lowest BCUT2D eigenvalue weighted by molar-refractivity contribution is 0.171. The van der Waals surface area contributed by atoms with Crippen molar-refractivity contribution in [1.82, 2.24) is 5.32 Å². The van der Waals surface area contributed by atoms with Gasteiger partial charge in [0.05, 0.1) is 0 Å². The first-order valence-corrected chi connectivity index (χ1v) is 6.83. The van der Waals surface area contributed by atoms with E-state index in [1.54, 1.807) is 0 Å². The highest BCUT2D eigenvalue weighted by Gasteiger charge is 2.33. The van der Waals surface area contributed by atoms with Crippen LogP contribution in [0.1, 0.15) is 25.3 Å². The molecule has 17 heavy (non-hydrogen) atoms. The average molecular weight is 298 g/mol. The summed E-state index contributed by atoms with van der Waals surface area (Å²) in [7, 11) is 0. The molecule has 1 N–H and O–H groups in total. The number of fused-ring (bicyclic) bond motifs is 1. The highest BCUT2D eigenvalue weighted by molar-refractivity contribution is 9.10. The van der Waals surface area contributed by atoms with E-state index < -0.39 is 0 Å². The zero-order valence-electron chi connectivity index (χ0n) is 9.88. The molecule has 1 fully saturated rings. The smallest absolute Gasteiger partial charge is 0.162 e.